The Morgan fingerprint density at radius 2 is 1.45 bits per heavy atom. The van der Waals surface area contributed by atoms with Crippen LogP contribution in [0.25, 0.3) is 0 Å². The summed E-state index contributed by atoms with van der Waals surface area (Å²) in [7, 11) is 0. The normalized spacial score (nSPS) is 19.9. The van der Waals surface area contributed by atoms with Crippen LogP contribution in [0.4, 0.5) is 0 Å². The highest BCUT2D eigenvalue weighted by molar-refractivity contribution is 4.75. The molecule has 0 aromatic carbocycles. The summed E-state index contributed by atoms with van der Waals surface area (Å²) in [5, 5.41) is 3.14. The predicted molar refractivity (Wildman–Crippen MR) is 47.6 cm³/mol. The molecule has 0 radical (unpaired) electrons. The maximum Gasteiger partial charge on any atom is 0.0562 e. The van der Waals surface area contributed by atoms with Gasteiger partial charge in [-0.05, 0) is 19.8 Å². The van der Waals surface area contributed by atoms with Gasteiger partial charge in [0.15, 0.2) is 0 Å². The Balaban J connectivity index is 3.73. The molecule has 0 aliphatic rings. The van der Waals surface area contributed by atoms with Gasteiger partial charge in [-0.25, -0.2) is 0 Å². The van der Waals surface area contributed by atoms with Gasteiger partial charge in [0, 0.05) is 6.04 Å². The molecule has 68 valence electrons. The van der Waals surface area contributed by atoms with Crippen LogP contribution in [0.1, 0.15) is 20.8 Å². The summed E-state index contributed by atoms with van der Waals surface area (Å²) in [4.78, 5) is 0. The Morgan fingerprint density at radius 3 is 1.73 bits per heavy atom. The SMILES string of the molecule is CC(N)NC(C)C(C)C(N)N. The maximum atomic E-state index is 5.54. The molecule has 0 aromatic rings. The number of nitrogens with two attached hydrogens (primary N) is 3. The summed E-state index contributed by atoms with van der Waals surface area (Å²) in [5.41, 5.74) is 16.6. The highest BCUT2D eigenvalue weighted by Crippen LogP contribution is 2.02. The lowest BCUT2D eigenvalue weighted by atomic mass is 10.0. The molecule has 0 amide bonds. The molecule has 0 bridgehead atoms. The number of nitrogens with one attached hydrogen (secondary N) is 1. The molecule has 0 fully saturated rings. The molecule has 0 aromatic heterocycles. The Labute approximate surface area is 68.5 Å². The Hall–Kier alpha value is -0.160. The average Bonchev–Trinajstić information content (AvgIpc) is 1.84. The third kappa shape index (κ3) is 4.31. The highest BCUT2D eigenvalue weighted by atomic mass is 15.1. The number of rotatable bonds is 4. The molecule has 0 spiro atoms. The van der Waals surface area contributed by atoms with E-state index in [1.165, 1.54) is 0 Å². The molecule has 0 aliphatic heterocycles. The second-order valence-electron chi connectivity index (χ2n) is 3.18. The first-order valence-electron chi connectivity index (χ1n) is 3.98. The molecule has 0 aliphatic carbocycles. The van der Waals surface area contributed by atoms with Crippen LogP contribution in [0.2, 0.25) is 0 Å². The molecule has 7 N–H and O–H groups in total. The summed E-state index contributed by atoms with van der Waals surface area (Å²) in [6, 6.07) is 0.259. The standard InChI is InChI=1S/C7H20N4/c1-4(7(9)10)5(2)11-6(3)8/h4-7,11H,8-10H2,1-3H3. The van der Waals surface area contributed by atoms with Crippen LogP contribution >= 0.6 is 0 Å². The van der Waals surface area contributed by atoms with Crippen LogP contribution in [0, 0.1) is 5.92 Å². The minimum Gasteiger partial charge on any atom is -0.316 e. The smallest absolute Gasteiger partial charge is 0.0562 e. The van der Waals surface area contributed by atoms with E-state index in [-0.39, 0.29) is 24.3 Å². The van der Waals surface area contributed by atoms with Gasteiger partial charge in [-0.2, -0.15) is 0 Å². The van der Waals surface area contributed by atoms with E-state index in [9.17, 15) is 0 Å². The maximum absolute atomic E-state index is 5.54. The van der Waals surface area contributed by atoms with Crippen molar-refractivity contribution in [3.05, 3.63) is 0 Å². The Kier molecular flexibility index (Phi) is 4.60. The van der Waals surface area contributed by atoms with Crippen molar-refractivity contribution in [2.75, 3.05) is 0 Å². The van der Waals surface area contributed by atoms with E-state index >= 15 is 0 Å². The molecule has 3 unspecified atom stereocenters. The molecule has 0 rings (SSSR count). The van der Waals surface area contributed by atoms with Gasteiger partial charge in [-0.15, -0.1) is 0 Å². The first-order valence-corrected chi connectivity index (χ1v) is 3.98. The molecule has 4 heteroatoms. The molecule has 4 nitrogen and oxygen atoms in total. The molecule has 0 heterocycles. The van der Waals surface area contributed by atoms with E-state index in [1.807, 2.05) is 20.8 Å². The Morgan fingerprint density at radius 1 is 1.00 bits per heavy atom. The van der Waals surface area contributed by atoms with E-state index in [1.54, 1.807) is 0 Å². The summed E-state index contributed by atoms with van der Waals surface area (Å²) >= 11 is 0. The first-order chi connectivity index (χ1) is 4.95. The largest absolute Gasteiger partial charge is 0.316 e. The van der Waals surface area contributed by atoms with Gasteiger partial charge in [-0.1, -0.05) is 6.92 Å². The van der Waals surface area contributed by atoms with Gasteiger partial charge >= 0.3 is 0 Å². The van der Waals surface area contributed by atoms with Crippen molar-refractivity contribution in [3.63, 3.8) is 0 Å². The van der Waals surface area contributed by atoms with Crippen molar-refractivity contribution < 1.29 is 0 Å². The lowest BCUT2D eigenvalue weighted by Crippen LogP contribution is -2.51. The summed E-state index contributed by atoms with van der Waals surface area (Å²) < 4.78 is 0. The lowest BCUT2D eigenvalue weighted by molar-refractivity contribution is 0.324. The summed E-state index contributed by atoms with van der Waals surface area (Å²) in [5.74, 6) is 0.237. The van der Waals surface area contributed by atoms with E-state index in [0.717, 1.165) is 0 Å². The van der Waals surface area contributed by atoms with Crippen LogP contribution in [0.5, 0.6) is 0 Å². The highest BCUT2D eigenvalue weighted by Gasteiger charge is 2.16. The average molecular weight is 160 g/mol. The topological polar surface area (TPSA) is 90.1 Å². The third-order valence-electron chi connectivity index (χ3n) is 1.92. The van der Waals surface area contributed by atoms with Gasteiger partial charge in [-0.3, -0.25) is 5.32 Å². The van der Waals surface area contributed by atoms with Crippen molar-refractivity contribution in [2.45, 2.75) is 39.1 Å². The minimum absolute atomic E-state index is 0.00815. The van der Waals surface area contributed by atoms with Crippen molar-refractivity contribution >= 4 is 0 Å². The minimum atomic E-state index is -0.281. The second-order valence-corrected chi connectivity index (χ2v) is 3.18. The van der Waals surface area contributed by atoms with Crippen LogP contribution in [0.3, 0.4) is 0 Å². The Bertz CT molecular complexity index is 103. The monoisotopic (exact) mass is 160 g/mol. The van der Waals surface area contributed by atoms with E-state index in [0.29, 0.717) is 0 Å². The second kappa shape index (κ2) is 4.66. The zero-order chi connectivity index (χ0) is 9.02. The molecular weight excluding hydrogens is 140 g/mol. The predicted octanol–water partition coefficient (Wildman–Crippen LogP) is -0.851. The van der Waals surface area contributed by atoms with Crippen LogP contribution < -0.4 is 22.5 Å². The molecule has 0 saturated heterocycles. The zero-order valence-electron chi connectivity index (χ0n) is 7.54. The molecular formula is C7H20N4. The van der Waals surface area contributed by atoms with Crippen LogP contribution in [-0.4, -0.2) is 18.4 Å². The van der Waals surface area contributed by atoms with Crippen molar-refractivity contribution in [1.29, 1.82) is 0 Å². The number of hydrogen-bond donors (Lipinski definition) is 4. The van der Waals surface area contributed by atoms with Gasteiger partial charge in [0.25, 0.3) is 0 Å². The first kappa shape index (κ1) is 10.8. The quantitative estimate of drug-likeness (QED) is 0.403. The van der Waals surface area contributed by atoms with Crippen LogP contribution in [0.15, 0.2) is 0 Å². The molecule has 11 heavy (non-hydrogen) atoms. The van der Waals surface area contributed by atoms with Crippen molar-refractivity contribution in [2.24, 2.45) is 23.1 Å². The fraction of sp³-hybridized carbons (Fsp3) is 1.00. The fourth-order valence-electron chi connectivity index (χ4n) is 0.900. The summed E-state index contributed by atoms with van der Waals surface area (Å²) in [6.45, 7) is 5.93. The van der Waals surface area contributed by atoms with E-state index in [2.05, 4.69) is 5.32 Å². The van der Waals surface area contributed by atoms with Gasteiger partial charge in [0.05, 0.1) is 12.3 Å². The number of hydrogen-bond acceptors (Lipinski definition) is 4. The van der Waals surface area contributed by atoms with Crippen LogP contribution in [-0.2, 0) is 0 Å². The van der Waals surface area contributed by atoms with E-state index < -0.39 is 0 Å². The van der Waals surface area contributed by atoms with Crippen molar-refractivity contribution in [1.82, 2.24) is 5.32 Å². The fourth-order valence-corrected chi connectivity index (χ4v) is 0.900. The third-order valence-corrected chi connectivity index (χ3v) is 1.92. The van der Waals surface area contributed by atoms with Gasteiger partial charge in [0.2, 0.25) is 0 Å². The molecule has 0 saturated carbocycles. The molecule has 3 atom stereocenters. The van der Waals surface area contributed by atoms with Crippen molar-refractivity contribution in [3.8, 4) is 0 Å². The summed E-state index contributed by atoms with van der Waals surface area (Å²) in [6.07, 6.45) is -0.289. The van der Waals surface area contributed by atoms with E-state index in [4.69, 9.17) is 17.2 Å². The van der Waals surface area contributed by atoms with Gasteiger partial charge in [0.1, 0.15) is 0 Å². The zero-order valence-corrected chi connectivity index (χ0v) is 7.54. The van der Waals surface area contributed by atoms with Gasteiger partial charge < -0.3 is 17.2 Å². The lowest BCUT2D eigenvalue weighted by Gasteiger charge is -2.25.